The maximum atomic E-state index is 13.1. The second kappa shape index (κ2) is 7.88. The number of hydrogen-bond acceptors (Lipinski definition) is 6. The summed E-state index contributed by atoms with van der Waals surface area (Å²) in [5, 5.41) is 7.14. The maximum absolute atomic E-state index is 13.1. The first-order chi connectivity index (χ1) is 15.9. The average molecular weight is 450 g/mol. The van der Waals surface area contributed by atoms with Crippen molar-refractivity contribution in [3.8, 4) is 0 Å². The van der Waals surface area contributed by atoms with Crippen LogP contribution in [0.25, 0.3) is 0 Å². The van der Waals surface area contributed by atoms with Crippen LogP contribution in [0.5, 0.6) is 0 Å². The molecule has 1 aliphatic heterocycles. The molecule has 1 aliphatic carbocycles. The second-order valence-corrected chi connectivity index (χ2v) is 9.01. The van der Waals surface area contributed by atoms with E-state index in [1.54, 1.807) is 36.3 Å². The van der Waals surface area contributed by atoms with Gasteiger partial charge in [0, 0.05) is 37.7 Å². The highest BCUT2D eigenvalue weighted by Gasteiger charge is 2.66. The van der Waals surface area contributed by atoms with Gasteiger partial charge in [0.1, 0.15) is 17.1 Å². The minimum Gasteiger partial charge on any atom is -0.456 e. The third-order valence-corrected chi connectivity index (χ3v) is 6.97. The number of aromatic nitrogens is 1. The Morgan fingerprint density at radius 2 is 1.85 bits per heavy atom. The largest absolute Gasteiger partial charge is 0.456 e. The standard InChI is InChI=1S/C25H27N3O5/c1-16-20(17(2)33-27-16)13-19-9-10-21(32-19)23(30)28-14-24(15-28,25(31-3)11-12-25)26-22(29)18-7-5-4-6-8-18/h4-10H,11-15H2,1-3H3,(H,26,29). The van der Waals surface area contributed by atoms with Gasteiger partial charge in [-0.1, -0.05) is 23.4 Å². The van der Waals surface area contributed by atoms with Crippen LogP contribution >= 0.6 is 0 Å². The Labute approximate surface area is 191 Å². The van der Waals surface area contributed by atoms with Crippen LogP contribution in [0.4, 0.5) is 0 Å². The summed E-state index contributed by atoms with van der Waals surface area (Å²) in [6, 6.07) is 12.6. The Bertz CT molecular complexity index is 1170. The summed E-state index contributed by atoms with van der Waals surface area (Å²) in [5.74, 6) is 1.34. The van der Waals surface area contributed by atoms with Crippen LogP contribution in [0.1, 0.15) is 56.5 Å². The molecule has 2 aromatic heterocycles. The van der Waals surface area contributed by atoms with Gasteiger partial charge in [-0.15, -0.1) is 0 Å². The number of likely N-dealkylation sites (tertiary alicyclic amines) is 1. The van der Waals surface area contributed by atoms with Crippen LogP contribution in [0.2, 0.25) is 0 Å². The molecule has 33 heavy (non-hydrogen) atoms. The number of aryl methyl sites for hydroxylation is 2. The monoisotopic (exact) mass is 449 g/mol. The Morgan fingerprint density at radius 1 is 1.12 bits per heavy atom. The molecule has 5 rings (SSSR count). The first-order valence-electron chi connectivity index (χ1n) is 11.1. The highest BCUT2D eigenvalue weighted by atomic mass is 16.5. The molecule has 0 unspecified atom stereocenters. The Hall–Kier alpha value is -3.39. The summed E-state index contributed by atoms with van der Waals surface area (Å²) in [6.07, 6.45) is 2.21. The summed E-state index contributed by atoms with van der Waals surface area (Å²) >= 11 is 0. The number of benzene rings is 1. The number of carbonyl (C=O) groups excluding carboxylic acids is 2. The van der Waals surface area contributed by atoms with Gasteiger partial charge in [-0.25, -0.2) is 0 Å². The SMILES string of the molecule is COC1(C2(NC(=O)c3ccccc3)CN(C(=O)c3ccc(Cc4c(C)noc4C)o3)C2)CC1. The Morgan fingerprint density at radius 3 is 2.45 bits per heavy atom. The van der Waals surface area contributed by atoms with Crippen molar-refractivity contribution in [2.45, 2.75) is 44.2 Å². The van der Waals surface area contributed by atoms with Crippen molar-refractivity contribution in [3.63, 3.8) is 0 Å². The zero-order valence-corrected chi connectivity index (χ0v) is 19.0. The van der Waals surface area contributed by atoms with Gasteiger partial charge in [0.2, 0.25) is 0 Å². The van der Waals surface area contributed by atoms with Crippen LogP contribution in [-0.2, 0) is 11.2 Å². The fraction of sp³-hybridized carbons (Fsp3) is 0.400. The van der Waals surface area contributed by atoms with Crippen molar-refractivity contribution in [3.05, 3.63) is 76.6 Å². The molecule has 2 aliphatic rings. The fourth-order valence-corrected chi connectivity index (χ4v) is 4.77. The second-order valence-electron chi connectivity index (χ2n) is 9.01. The molecular formula is C25H27N3O5. The molecule has 1 N–H and O–H groups in total. The lowest BCUT2D eigenvalue weighted by Gasteiger charge is -2.54. The topological polar surface area (TPSA) is 97.8 Å². The number of nitrogens with one attached hydrogen (secondary N) is 1. The van der Waals surface area contributed by atoms with E-state index >= 15 is 0 Å². The van der Waals surface area contributed by atoms with E-state index in [0.29, 0.717) is 30.8 Å². The molecule has 8 nitrogen and oxygen atoms in total. The van der Waals surface area contributed by atoms with Crippen molar-refractivity contribution in [2.75, 3.05) is 20.2 Å². The lowest BCUT2D eigenvalue weighted by atomic mass is 9.80. The quantitative estimate of drug-likeness (QED) is 0.595. The number of ether oxygens (including phenoxy) is 1. The molecule has 1 saturated heterocycles. The van der Waals surface area contributed by atoms with Gasteiger partial charge in [-0.2, -0.15) is 0 Å². The number of nitrogens with zero attached hydrogens (tertiary/aromatic N) is 2. The van der Waals surface area contributed by atoms with E-state index in [-0.39, 0.29) is 17.6 Å². The van der Waals surface area contributed by atoms with Gasteiger partial charge < -0.3 is 23.9 Å². The predicted octanol–water partition coefficient (Wildman–Crippen LogP) is 3.28. The summed E-state index contributed by atoms with van der Waals surface area (Å²) in [6.45, 7) is 4.49. The van der Waals surface area contributed by atoms with Crippen molar-refractivity contribution < 1.29 is 23.3 Å². The Kier molecular flexibility index (Phi) is 5.12. The van der Waals surface area contributed by atoms with Gasteiger partial charge in [0.15, 0.2) is 5.76 Å². The molecular weight excluding hydrogens is 422 g/mol. The van der Waals surface area contributed by atoms with E-state index in [9.17, 15) is 9.59 Å². The van der Waals surface area contributed by atoms with Crippen molar-refractivity contribution in [1.29, 1.82) is 0 Å². The highest BCUT2D eigenvalue weighted by molar-refractivity contribution is 5.96. The summed E-state index contributed by atoms with van der Waals surface area (Å²) in [7, 11) is 1.67. The third kappa shape index (κ3) is 3.64. The molecule has 0 spiro atoms. The number of furan rings is 1. The molecule has 2 amide bonds. The number of carbonyl (C=O) groups is 2. The van der Waals surface area contributed by atoms with Crippen molar-refractivity contribution in [2.24, 2.45) is 0 Å². The normalized spacial score (nSPS) is 18.0. The zero-order valence-electron chi connectivity index (χ0n) is 19.0. The number of hydrogen-bond donors (Lipinski definition) is 1. The van der Waals surface area contributed by atoms with Crippen LogP contribution in [-0.4, -0.2) is 53.2 Å². The third-order valence-electron chi connectivity index (χ3n) is 6.97. The zero-order chi connectivity index (χ0) is 23.2. The van der Waals surface area contributed by atoms with Crippen molar-refractivity contribution >= 4 is 11.8 Å². The first-order valence-corrected chi connectivity index (χ1v) is 11.1. The van der Waals surface area contributed by atoms with E-state index in [0.717, 1.165) is 29.9 Å². The van der Waals surface area contributed by atoms with Crippen LogP contribution < -0.4 is 5.32 Å². The molecule has 1 aromatic carbocycles. The molecule has 0 bridgehead atoms. The van der Waals surface area contributed by atoms with Crippen LogP contribution in [0.15, 0.2) is 51.4 Å². The molecule has 1 saturated carbocycles. The minimum atomic E-state index is -0.615. The summed E-state index contributed by atoms with van der Waals surface area (Å²) < 4.78 is 16.9. The number of methoxy groups -OCH3 is 1. The van der Waals surface area contributed by atoms with Crippen LogP contribution in [0, 0.1) is 13.8 Å². The number of amides is 2. The maximum Gasteiger partial charge on any atom is 0.289 e. The molecule has 0 radical (unpaired) electrons. The van der Waals surface area contributed by atoms with E-state index in [1.807, 2.05) is 32.0 Å². The summed E-state index contributed by atoms with van der Waals surface area (Å²) in [5.41, 5.74) is 1.31. The van der Waals surface area contributed by atoms with Gasteiger partial charge in [0.25, 0.3) is 11.8 Å². The Balaban J connectivity index is 1.29. The predicted molar refractivity (Wildman–Crippen MR) is 119 cm³/mol. The highest BCUT2D eigenvalue weighted by Crippen LogP contribution is 2.52. The average Bonchev–Trinajstić information content (AvgIpc) is 3.37. The van der Waals surface area contributed by atoms with Gasteiger partial charge in [-0.3, -0.25) is 9.59 Å². The van der Waals surface area contributed by atoms with Gasteiger partial charge in [0.05, 0.1) is 11.3 Å². The fourth-order valence-electron chi connectivity index (χ4n) is 4.77. The molecule has 0 atom stereocenters. The van der Waals surface area contributed by atoms with E-state index in [1.165, 1.54) is 0 Å². The van der Waals surface area contributed by atoms with Crippen molar-refractivity contribution in [1.82, 2.24) is 15.4 Å². The molecule has 2 fully saturated rings. The molecule has 172 valence electrons. The van der Waals surface area contributed by atoms with Gasteiger partial charge >= 0.3 is 0 Å². The van der Waals surface area contributed by atoms with E-state index < -0.39 is 11.1 Å². The van der Waals surface area contributed by atoms with E-state index in [2.05, 4.69) is 10.5 Å². The lowest BCUT2D eigenvalue weighted by molar-refractivity contribution is -0.0715. The van der Waals surface area contributed by atoms with E-state index in [4.69, 9.17) is 13.7 Å². The first kappa shape index (κ1) is 21.5. The summed E-state index contributed by atoms with van der Waals surface area (Å²) in [4.78, 5) is 27.7. The number of rotatable bonds is 7. The lowest BCUT2D eigenvalue weighted by Crippen LogP contribution is -2.77. The molecule has 8 heteroatoms. The molecule has 3 heterocycles. The minimum absolute atomic E-state index is 0.161. The smallest absolute Gasteiger partial charge is 0.289 e. The van der Waals surface area contributed by atoms with Crippen LogP contribution in [0.3, 0.4) is 0 Å². The van der Waals surface area contributed by atoms with Gasteiger partial charge in [-0.05, 0) is 51.0 Å². The molecule has 3 aromatic rings.